The molecule has 9 heteroatoms. The fourth-order valence-corrected chi connectivity index (χ4v) is 5.30. The van der Waals surface area contributed by atoms with Gasteiger partial charge in [-0.25, -0.2) is 13.1 Å². The predicted octanol–water partition coefficient (Wildman–Crippen LogP) is 3.47. The van der Waals surface area contributed by atoms with E-state index in [-0.39, 0.29) is 22.4 Å². The number of thioether (sulfide) groups is 1. The molecule has 0 atom stereocenters. The Bertz CT molecular complexity index is 1010. The molecule has 3 aromatic rings. The summed E-state index contributed by atoms with van der Waals surface area (Å²) in [6.45, 7) is 0.231. The standard InChI is InChI=1S/C18H18N2O4S3/c1-19-27(22,23)16-8-7-15(26-16)11-20-18(21)17-13(9-10-24-17)12-25-14-5-3-2-4-6-14/h2-10,19H,11-12H2,1H3,(H,20,21). The van der Waals surface area contributed by atoms with E-state index in [4.69, 9.17) is 4.42 Å². The first-order valence-corrected chi connectivity index (χ1v) is 11.3. The average molecular weight is 423 g/mol. The van der Waals surface area contributed by atoms with Crippen LogP contribution in [-0.2, 0) is 22.3 Å². The summed E-state index contributed by atoms with van der Waals surface area (Å²) in [5, 5.41) is 2.78. The number of sulfonamides is 1. The van der Waals surface area contributed by atoms with Crippen molar-refractivity contribution in [3.63, 3.8) is 0 Å². The van der Waals surface area contributed by atoms with Crippen LogP contribution in [0.2, 0.25) is 0 Å². The van der Waals surface area contributed by atoms with E-state index >= 15 is 0 Å². The molecule has 2 aromatic heterocycles. The zero-order valence-corrected chi connectivity index (χ0v) is 16.9. The zero-order chi connectivity index (χ0) is 19.3. The van der Waals surface area contributed by atoms with Crippen molar-refractivity contribution in [2.75, 3.05) is 7.05 Å². The number of carbonyl (C=O) groups is 1. The zero-order valence-electron chi connectivity index (χ0n) is 14.5. The first-order valence-electron chi connectivity index (χ1n) is 8.04. The molecule has 0 aliphatic carbocycles. The molecule has 2 N–H and O–H groups in total. The predicted molar refractivity (Wildman–Crippen MR) is 106 cm³/mol. The second-order valence-electron chi connectivity index (χ2n) is 5.49. The van der Waals surface area contributed by atoms with Gasteiger partial charge in [-0.3, -0.25) is 4.79 Å². The molecule has 27 heavy (non-hydrogen) atoms. The maximum absolute atomic E-state index is 12.4. The van der Waals surface area contributed by atoms with Crippen LogP contribution in [0.5, 0.6) is 0 Å². The van der Waals surface area contributed by atoms with Crippen molar-refractivity contribution >= 4 is 39.0 Å². The fraction of sp³-hybridized carbons (Fsp3) is 0.167. The normalized spacial score (nSPS) is 11.4. The Kier molecular flexibility index (Phi) is 6.38. The number of furan rings is 1. The minimum Gasteiger partial charge on any atom is -0.459 e. The minimum absolute atomic E-state index is 0.215. The number of hydrogen-bond acceptors (Lipinski definition) is 6. The lowest BCUT2D eigenvalue weighted by Gasteiger charge is -2.04. The molecule has 1 aromatic carbocycles. The van der Waals surface area contributed by atoms with Crippen molar-refractivity contribution in [3.05, 3.63) is 71.0 Å². The highest BCUT2D eigenvalue weighted by molar-refractivity contribution is 7.98. The van der Waals surface area contributed by atoms with Crippen molar-refractivity contribution in [2.24, 2.45) is 0 Å². The van der Waals surface area contributed by atoms with Gasteiger partial charge in [0.2, 0.25) is 10.0 Å². The Morgan fingerprint density at radius 1 is 1.15 bits per heavy atom. The van der Waals surface area contributed by atoms with Crippen molar-refractivity contribution in [1.82, 2.24) is 10.0 Å². The van der Waals surface area contributed by atoms with Gasteiger partial charge in [0.1, 0.15) is 4.21 Å². The molecule has 6 nitrogen and oxygen atoms in total. The summed E-state index contributed by atoms with van der Waals surface area (Å²) in [6.07, 6.45) is 1.50. The third-order valence-electron chi connectivity index (χ3n) is 3.68. The Labute approximate surface area is 166 Å². The lowest BCUT2D eigenvalue weighted by molar-refractivity contribution is 0.0922. The Morgan fingerprint density at radius 3 is 2.67 bits per heavy atom. The second kappa shape index (κ2) is 8.75. The first-order chi connectivity index (χ1) is 13.0. The number of nitrogens with one attached hydrogen (secondary N) is 2. The van der Waals surface area contributed by atoms with E-state index in [0.29, 0.717) is 5.75 Å². The largest absolute Gasteiger partial charge is 0.459 e. The molecule has 3 rings (SSSR count). The molecule has 1 amide bonds. The quantitative estimate of drug-likeness (QED) is 0.543. The molecular weight excluding hydrogens is 404 g/mol. The summed E-state index contributed by atoms with van der Waals surface area (Å²) < 4.78 is 31.4. The summed E-state index contributed by atoms with van der Waals surface area (Å²) in [7, 11) is -2.10. The maximum atomic E-state index is 12.4. The smallest absolute Gasteiger partial charge is 0.287 e. The van der Waals surface area contributed by atoms with Crippen LogP contribution in [0, 0.1) is 0 Å². The van der Waals surface area contributed by atoms with E-state index < -0.39 is 10.0 Å². The first kappa shape index (κ1) is 19.7. The topological polar surface area (TPSA) is 88.4 Å². The summed E-state index contributed by atoms with van der Waals surface area (Å²) in [6, 6.07) is 14.9. The van der Waals surface area contributed by atoms with E-state index in [2.05, 4.69) is 10.0 Å². The third-order valence-corrected chi connectivity index (χ3v) is 7.74. The highest BCUT2D eigenvalue weighted by Crippen LogP contribution is 2.25. The van der Waals surface area contributed by atoms with Gasteiger partial charge in [-0.05, 0) is 37.4 Å². The van der Waals surface area contributed by atoms with Crippen LogP contribution in [-0.4, -0.2) is 21.4 Å². The molecule has 0 bridgehead atoms. The van der Waals surface area contributed by atoms with Gasteiger partial charge in [0.05, 0.1) is 12.8 Å². The number of carbonyl (C=O) groups excluding carboxylic acids is 1. The summed E-state index contributed by atoms with van der Waals surface area (Å²) >= 11 is 2.74. The van der Waals surface area contributed by atoms with Crippen LogP contribution in [0.3, 0.4) is 0 Å². The summed E-state index contributed by atoms with van der Waals surface area (Å²) in [4.78, 5) is 14.3. The van der Waals surface area contributed by atoms with Gasteiger partial charge < -0.3 is 9.73 Å². The summed E-state index contributed by atoms with van der Waals surface area (Å²) in [5.74, 6) is 0.570. The monoisotopic (exact) mass is 422 g/mol. The number of benzene rings is 1. The van der Waals surface area contributed by atoms with E-state index in [9.17, 15) is 13.2 Å². The Morgan fingerprint density at radius 2 is 1.93 bits per heavy atom. The van der Waals surface area contributed by atoms with Crippen molar-refractivity contribution in [1.29, 1.82) is 0 Å². The molecule has 0 saturated carbocycles. The highest BCUT2D eigenvalue weighted by Gasteiger charge is 2.17. The number of hydrogen-bond donors (Lipinski definition) is 2. The second-order valence-corrected chi connectivity index (χ2v) is 9.82. The Balaban J connectivity index is 1.60. The van der Waals surface area contributed by atoms with Crippen LogP contribution in [0.15, 0.2) is 68.3 Å². The van der Waals surface area contributed by atoms with Crippen LogP contribution in [0.4, 0.5) is 0 Å². The lowest BCUT2D eigenvalue weighted by Crippen LogP contribution is -2.22. The van der Waals surface area contributed by atoms with Crippen LogP contribution < -0.4 is 10.0 Å². The fourth-order valence-electron chi connectivity index (χ4n) is 2.27. The maximum Gasteiger partial charge on any atom is 0.287 e. The molecule has 142 valence electrons. The van der Waals surface area contributed by atoms with Gasteiger partial charge in [-0.1, -0.05) is 18.2 Å². The molecule has 0 saturated heterocycles. The minimum atomic E-state index is -3.47. The molecule has 0 spiro atoms. The van der Waals surface area contributed by atoms with E-state index in [0.717, 1.165) is 26.7 Å². The third kappa shape index (κ3) is 5.01. The van der Waals surface area contributed by atoms with Crippen LogP contribution >= 0.6 is 23.1 Å². The Hall–Kier alpha value is -2.07. The molecule has 0 aliphatic heterocycles. The van der Waals surface area contributed by atoms with Crippen molar-refractivity contribution in [2.45, 2.75) is 21.4 Å². The SMILES string of the molecule is CNS(=O)(=O)c1ccc(CNC(=O)c2occc2CSc2ccccc2)s1. The molecular formula is C18H18N2O4S3. The number of amides is 1. The highest BCUT2D eigenvalue weighted by atomic mass is 32.2. The van der Waals surface area contributed by atoms with Gasteiger partial charge in [-0.2, -0.15) is 0 Å². The van der Waals surface area contributed by atoms with Crippen LogP contribution in [0.1, 0.15) is 21.0 Å². The van der Waals surface area contributed by atoms with Gasteiger partial charge in [-0.15, -0.1) is 23.1 Å². The number of thiophene rings is 1. The van der Waals surface area contributed by atoms with Gasteiger partial charge in [0.25, 0.3) is 5.91 Å². The number of rotatable bonds is 8. The van der Waals surface area contributed by atoms with Crippen molar-refractivity contribution < 1.29 is 17.6 Å². The van der Waals surface area contributed by atoms with Gasteiger partial charge >= 0.3 is 0 Å². The molecule has 0 fully saturated rings. The lowest BCUT2D eigenvalue weighted by atomic mass is 10.2. The van der Waals surface area contributed by atoms with Crippen LogP contribution in [0.25, 0.3) is 0 Å². The van der Waals surface area contributed by atoms with Crippen molar-refractivity contribution in [3.8, 4) is 0 Å². The molecule has 0 unspecified atom stereocenters. The molecule has 0 aliphatic rings. The van der Waals surface area contributed by atoms with E-state index in [1.54, 1.807) is 23.9 Å². The average Bonchev–Trinajstić information content (AvgIpc) is 3.35. The van der Waals surface area contributed by atoms with E-state index in [1.165, 1.54) is 19.4 Å². The molecule has 2 heterocycles. The molecule has 0 radical (unpaired) electrons. The van der Waals surface area contributed by atoms with Gasteiger partial charge in [0.15, 0.2) is 5.76 Å². The van der Waals surface area contributed by atoms with Gasteiger partial charge in [0, 0.05) is 21.1 Å². The summed E-state index contributed by atoms with van der Waals surface area (Å²) in [5.41, 5.74) is 0.811. The van der Waals surface area contributed by atoms with E-state index in [1.807, 2.05) is 30.3 Å².